The monoisotopic (exact) mass is 860 g/mol. The van der Waals surface area contributed by atoms with E-state index in [1.807, 2.05) is 6.55 Å². The van der Waals surface area contributed by atoms with Crippen molar-refractivity contribution in [3.8, 4) is 33.4 Å². The van der Waals surface area contributed by atoms with Crippen LogP contribution in [0.2, 0.25) is 25.2 Å². The fraction of sp³-hybridized carbons (Fsp3) is 0.315. The van der Waals surface area contributed by atoms with Gasteiger partial charge in [0.25, 0.3) is 0 Å². The normalized spacial score (nSPS) is 13.3. The van der Waals surface area contributed by atoms with E-state index in [9.17, 15) is 0 Å². The fourth-order valence-electron chi connectivity index (χ4n) is 9.28. The summed E-state index contributed by atoms with van der Waals surface area (Å²) in [6.07, 6.45) is 4.49. The second-order valence-electron chi connectivity index (χ2n) is 17.6. The minimum atomic E-state index is -2.11. The molecule has 0 N–H and O–H groups in total. The van der Waals surface area contributed by atoms with E-state index >= 15 is 0 Å². The molecule has 0 spiro atoms. The van der Waals surface area contributed by atoms with Crippen LogP contribution in [0.5, 0.6) is 0 Å². The third-order valence-corrected chi connectivity index (χ3v) is 19.6. The largest absolute Gasteiger partial charge is 1.00 e. The van der Waals surface area contributed by atoms with Gasteiger partial charge in [-0.1, -0.05) is 179 Å². The van der Waals surface area contributed by atoms with Crippen molar-refractivity contribution in [2.75, 3.05) is 6.61 Å². The molecule has 60 heavy (non-hydrogen) atoms. The van der Waals surface area contributed by atoms with E-state index in [4.69, 9.17) is 26.9 Å². The Morgan fingerprint density at radius 3 is 1.13 bits per heavy atom. The van der Waals surface area contributed by atoms with Crippen molar-refractivity contribution in [1.29, 1.82) is 0 Å². The minimum absolute atomic E-state index is 0. The van der Waals surface area contributed by atoms with Gasteiger partial charge in [-0.05, 0) is 113 Å². The summed E-state index contributed by atoms with van der Waals surface area (Å²) in [5.41, 5.74) is 18.2. The van der Waals surface area contributed by atoms with Gasteiger partial charge in [-0.25, -0.2) is 0 Å². The Hall–Kier alpha value is -3.11. The van der Waals surface area contributed by atoms with Crippen LogP contribution in [0.15, 0.2) is 146 Å². The SMILES string of the molecule is CC(C)(C)OCC[Si](C)(C1c2ccccc2-c2ccccc21)C1c2ccccc2-c2ccccc21.CCC[Si](C)(Cl)Cl.[CH2-]CCC.[Li+].c1ccc2c(c1)Cc1ccccc1-2. The molecular weight excluding hydrogens is 799 g/mol. The Kier molecular flexibility index (Phi) is 17.0. The summed E-state index contributed by atoms with van der Waals surface area (Å²) in [4.78, 5) is 0. The quantitative estimate of drug-likeness (QED) is 0.0840. The summed E-state index contributed by atoms with van der Waals surface area (Å²) in [6, 6.07) is 56.0. The van der Waals surface area contributed by atoms with Gasteiger partial charge < -0.3 is 11.7 Å². The minimum Gasteiger partial charge on any atom is -0.376 e. The number of fused-ring (bicyclic) bond motifs is 9. The average molecular weight is 862 g/mol. The molecule has 0 radical (unpaired) electrons. The first-order valence-electron chi connectivity index (χ1n) is 21.6. The first kappa shape index (κ1) is 47.9. The molecule has 0 saturated carbocycles. The van der Waals surface area contributed by atoms with E-state index in [1.54, 1.807) is 0 Å². The van der Waals surface area contributed by atoms with Gasteiger partial charge in [-0.3, -0.25) is 0 Å². The molecule has 0 amide bonds. The van der Waals surface area contributed by atoms with Crippen LogP contribution in [0, 0.1) is 6.92 Å². The van der Waals surface area contributed by atoms with Gasteiger partial charge in [0.15, 0.2) is 0 Å². The number of hydrogen-bond acceptors (Lipinski definition) is 1. The van der Waals surface area contributed by atoms with Crippen molar-refractivity contribution < 1.29 is 23.6 Å². The molecule has 9 rings (SSSR count). The smallest absolute Gasteiger partial charge is 0.376 e. The number of halogens is 2. The Morgan fingerprint density at radius 1 is 0.533 bits per heavy atom. The zero-order valence-electron chi connectivity index (χ0n) is 37.3. The van der Waals surface area contributed by atoms with E-state index in [2.05, 4.69) is 194 Å². The summed E-state index contributed by atoms with van der Waals surface area (Å²) < 4.78 is 6.43. The second kappa shape index (κ2) is 21.3. The predicted molar refractivity (Wildman–Crippen MR) is 263 cm³/mol. The molecule has 0 aromatic heterocycles. The van der Waals surface area contributed by atoms with Crippen molar-refractivity contribution in [3.63, 3.8) is 0 Å². The average Bonchev–Trinajstić information content (AvgIpc) is 3.89. The van der Waals surface area contributed by atoms with Gasteiger partial charge in [0.05, 0.1) is 13.7 Å². The molecule has 0 bridgehead atoms. The number of hydrogen-bond donors (Lipinski definition) is 0. The maximum Gasteiger partial charge on any atom is 1.00 e. The molecular formula is C54H63Cl2LiOSi2. The van der Waals surface area contributed by atoms with Crippen molar-refractivity contribution in [2.45, 2.75) is 102 Å². The maximum absolute atomic E-state index is 6.43. The number of unbranched alkanes of at least 4 members (excludes halogenated alkanes) is 1. The summed E-state index contributed by atoms with van der Waals surface area (Å²) >= 11 is 11.5. The zero-order valence-corrected chi connectivity index (χ0v) is 40.8. The van der Waals surface area contributed by atoms with Crippen molar-refractivity contribution >= 4 is 36.9 Å². The number of ether oxygens (including phenoxy) is 1. The Balaban J connectivity index is 0.000000222. The molecule has 0 atom stereocenters. The van der Waals surface area contributed by atoms with E-state index in [-0.39, 0.29) is 24.5 Å². The molecule has 0 heterocycles. The van der Waals surface area contributed by atoms with E-state index < -0.39 is 14.8 Å². The maximum atomic E-state index is 6.43. The van der Waals surface area contributed by atoms with Crippen molar-refractivity contribution in [3.05, 3.63) is 186 Å². The molecule has 6 heteroatoms. The predicted octanol–water partition coefficient (Wildman–Crippen LogP) is 13.4. The second-order valence-corrected chi connectivity index (χ2v) is 30.5. The van der Waals surface area contributed by atoms with Crippen LogP contribution < -0.4 is 18.9 Å². The first-order chi connectivity index (χ1) is 28.3. The fourth-order valence-corrected chi connectivity index (χ4v) is 16.6. The zero-order chi connectivity index (χ0) is 42.2. The van der Waals surface area contributed by atoms with E-state index in [0.29, 0.717) is 11.1 Å². The molecule has 1 nitrogen and oxygen atoms in total. The van der Waals surface area contributed by atoms with Gasteiger partial charge in [0.2, 0.25) is 6.69 Å². The van der Waals surface area contributed by atoms with Gasteiger partial charge >= 0.3 is 18.9 Å². The molecule has 308 valence electrons. The standard InChI is InChI=1S/C33H34OSi.C13H10.C4H10Cl2Si.C4H9.Li/c1-33(2,3)34-21-22-35(4,31-27-17-9-5-13-23(27)24-14-6-10-18-28(24)31)32-29-19-11-7-15-25(29)26-16-8-12-20-30(26)32;1-3-7-12-10(5-1)9-11-6-2-4-8-13(11)12;1-3-4-7(2,5)6;1-3-4-2;/h5-20,31-32H,21-22H2,1-4H3;1-8H,9H2;3-4H2,1-2H3;1,3-4H2,2H3;/q;;;-1;+1. The first-order valence-corrected chi connectivity index (χ1v) is 29.2. The van der Waals surface area contributed by atoms with Crippen LogP contribution >= 0.6 is 22.2 Å². The van der Waals surface area contributed by atoms with E-state index in [0.717, 1.165) is 38.0 Å². The summed E-state index contributed by atoms with van der Waals surface area (Å²) in [7, 11) is -2.11. The Bertz CT molecular complexity index is 2080. The van der Waals surface area contributed by atoms with Gasteiger partial charge in [0, 0.05) is 17.7 Å². The Morgan fingerprint density at radius 2 is 0.850 bits per heavy atom. The molecule has 3 aliphatic rings. The molecule has 0 unspecified atom stereocenters. The molecule has 0 fully saturated rings. The van der Waals surface area contributed by atoms with Crippen LogP contribution in [0.3, 0.4) is 0 Å². The van der Waals surface area contributed by atoms with Crippen LogP contribution in [0.25, 0.3) is 33.4 Å². The third-order valence-electron chi connectivity index (χ3n) is 11.9. The molecule has 6 aromatic carbocycles. The Labute approximate surface area is 385 Å². The summed E-state index contributed by atoms with van der Waals surface area (Å²) in [5, 5.41) is 0. The van der Waals surface area contributed by atoms with Crippen molar-refractivity contribution in [2.24, 2.45) is 0 Å². The topological polar surface area (TPSA) is 9.23 Å². The van der Waals surface area contributed by atoms with Crippen molar-refractivity contribution in [1.82, 2.24) is 0 Å². The molecule has 0 saturated heterocycles. The van der Waals surface area contributed by atoms with Gasteiger partial charge in [-0.2, -0.15) is 6.42 Å². The summed E-state index contributed by atoms with van der Waals surface area (Å²) in [6.45, 7) is 18.0. The molecule has 3 aliphatic carbocycles. The molecule has 6 aromatic rings. The van der Waals surface area contributed by atoms with E-state index in [1.165, 1.54) is 73.2 Å². The van der Waals surface area contributed by atoms with Gasteiger partial charge in [0.1, 0.15) is 0 Å². The summed E-state index contributed by atoms with van der Waals surface area (Å²) in [5.74, 6) is 0. The van der Waals surface area contributed by atoms with Gasteiger partial charge in [-0.15, -0.1) is 22.2 Å². The van der Waals surface area contributed by atoms with Crippen LogP contribution in [0.1, 0.15) is 98.3 Å². The molecule has 0 aliphatic heterocycles. The number of benzene rings is 6. The third kappa shape index (κ3) is 11.1. The van der Waals surface area contributed by atoms with Crippen LogP contribution in [-0.2, 0) is 11.2 Å². The van der Waals surface area contributed by atoms with Crippen LogP contribution in [-0.4, -0.2) is 27.0 Å². The number of rotatable bonds is 8. The van der Waals surface area contributed by atoms with Crippen LogP contribution in [0.4, 0.5) is 0 Å².